The topological polar surface area (TPSA) is 41.5 Å². The largest absolute Gasteiger partial charge is 0.389 e. The fourth-order valence-electron chi connectivity index (χ4n) is 2.10. The highest BCUT2D eigenvalue weighted by Crippen LogP contribution is 2.12. The zero-order valence-corrected chi connectivity index (χ0v) is 13.0. The highest BCUT2D eigenvalue weighted by molar-refractivity contribution is 5.44. The van der Waals surface area contributed by atoms with E-state index in [0.29, 0.717) is 12.3 Å². The molecule has 0 amide bonds. The van der Waals surface area contributed by atoms with Gasteiger partial charge in [0.2, 0.25) is 0 Å². The second-order valence-corrected chi connectivity index (χ2v) is 5.36. The Kier molecular flexibility index (Phi) is 9.83. The van der Waals surface area contributed by atoms with Gasteiger partial charge in [0.15, 0.2) is 0 Å². The minimum Gasteiger partial charge on any atom is -0.389 e. The average molecular weight is 297 g/mol. The number of rotatable bonds is 12. The standard InChI is InChI=1S/C17H28FNO2/c1-2-3-4-5-6-9-12-21-14-15(20)13-19-17-11-8-7-10-16(17)18/h7-8,10-11,15,19-20H,2-6,9,12-14H2,1H3. The molecule has 21 heavy (non-hydrogen) atoms. The van der Waals surface area contributed by atoms with Crippen molar-refractivity contribution in [1.82, 2.24) is 0 Å². The fraction of sp³-hybridized carbons (Fsp3) is 0.647. The van der Waals surface area contributed by atoms with Gasteiger partial charge in [0.05, 0.1) is 18.4 Å². The maximum absolute atomic E-state index is 13.3. The number of hydrogen-bond acceptors (Lipinski definition) is 3. The summed E-state index contributed by atoms with van der Waals surface area (Å²) in [5.41, 5.74) is 0.410. The van der Waals surface area contributed by atoms with Crippen LogP contribution < -0.4 is 5.32 Å². The van der Waals surface area contributed by atoms with Crippen molar-refractivity contribution < 1.29 is 14.2 Å². The van der Waals surface area contributed by atoms with Crippen LogP contribution in [-0.2, 0) is 4.74 Å². The summed E-state index contributed by atoms with van der Waals surface area (Å²) in [7, 11) is 0. The van der Waals surface area contributed by atoms with Crippen LogP contribution in [0.25, 0.3) is 0 Å². The fourth-order valence-corrected chi connectivity index (χ4v) is 2.10. The zero-order chi connectivity index (χ0) is 15.3. The first-order valence-electron chi connectivity index (χ1n) is 7.98. The van der Waals surface area contributed by atoms with Crippen molar-refractivity contribution in [3.63, 3.8) is 0 Å². The van der Waals surface area contributed by atoms with Crippen LogP contribution in [-0.4, -0.2) is 31.0 Å². The molecule has 4 heteroatoms. The van der Waals surface area contributed by atoms with Crippen molar-refractivity contribution in [2.45, 2.75) is 51.6 Å². The van der Waals surface area contributed by atoms with Gasteiger partial charge < -0.3 is 15.2 Å². The smallest absolute Gasteiger partial charge is 0.146 e. The predicted octanol–water partition coefficient (Wildman–Crippen LogP) is 3.98. The average Bonchev–Trinajstić information content (AvgIpc) is 2.49. The molecule has 0 spiro atoms. The van der Waals surface area contributed by atoms with Crippen molar-refractivity contribution in [1.29, 1.82) is 0 Å². The molecule has 1 atom stereocenters. The van der Waals surface area contributed by atoms with E-state index in [1.807, 2.05) is 0 Å². The molecule has 0 bridgehead atoms. The van der Waals surface area contributed by atoms with Gasteiger partial charge in [0.25, 0.3) is 0 Å². The Bertz CT molecular complexity index is 374. The number of anilines is 1. The predicted molar refractivity (Wildman–Crippen MR) is 85.1 cm³/mol. The highest BCUT2D eigenvalue weighted by atomic mass is 19.1. The summed E-state index contributed by atoms with van der Waals surface area (Å²) < 4.78 is 18.8. The summed E-state index contributed by atoms with van der Waals surface area (Å²) in [5, 5.41) is 12.6. The van der Waals surface area contributed by atoms with Crippen LogP contribution in [0.2, 0.25) is 0 Å². The molecule has 1 rings (SSSR count). The summed E-state index contributed by atoms with van der Waals surface area (Å²) in [6, 6.07) is 6.44. The third kappa shape index (κ3) is 8.68. The highest BCUT2D eigenvalue weighted by Gasteiger charge is 2.06. The summed E-state index contributed by atoms with van der Waals surface area (Å²) in [5.74, 6) is -0.308. The van der Waals surface area contributed by atoms with Gasteiger partial charge in [-0.2, -0.15) is 0 Å². The molecule has 3 nitrogen and oxygen atoms in total. The van der Waals surface area contributed by atoms with Crippen molar-refractivity contribution in [3.05, 3.63) is 30.1 Å². The Labute approximate surface area is 127 Å². The number of halogens is 1. The van der Waals surface area contributed by atoms with Gasteiger partial charge >= 0.3 is 0 Å². The maximum Gasteiger partial charge on any atom is 0.146 e. The summed E-state index contributed by atoms with van der Waals surface area (Å²) in [6.07, 6.45) is 6.73. The molecular formula is C17H28FNO2. The lowest BCUT2D eigenvalue weighted by Gasteiger charge is -2.13. The lowest BCUT2D eigenvalue weighted by atomic mass is 10.1. The molecule has 0 radical (unpaired) electrons. The van der Waals surface area contributed by atoms with Crippen LogP contribution in [0.3, 0.4) is 0 Å². The lowest BCUT2D eigenvalue weighted by Crippen LogP contribution is -2.25. The van der Waals surface area contributed by atoms with Gasteiger partial charge in [-0.15, -0.1) is 0 Å². The Morgan fingerprint density at radius 2 is 1.86 bits per heavy atom. The summed E-state index contributed by atoms with van der Waals surface area (Å²) in [4.78, 5) is 0. The van der Waals surface area contributed by atoms with Crippen molar-refractivity contribution >= 4 is 5.69 Å². The van der Waals surface area contributed by atoms with Crippen LogP contribution in [0.1, 0.15) is 45.4 Å². The van der Waals surface area contributed by atoms with Gasteiger partial charge in [0.1, 0.15) is 5.82 Å². The summed E-state index contributed by atoms with van der Waals surface area (Å²) >= 11 is 0. The van der Waals surface area contributed by atoms with E-state index < -0.39 is 6.10 Å². The quantitative estimate of drug-likeness (QED) is 0.573. The third-order valence-corrected chi connectivity index (χ3v) is 3.35. The zero-order valence-electron chi connectivity index (χ0n) is 13.0. The second kappa shape index (κ2) is 11.5. The van der Waals surface area contributed by atoms with Gasteiger partial charge in [-0.05, 0) is 18.6 Å². The molecule has 0 aliphatic heterocycles. The van der Waals surface area contributed by atoms with Gasteiger partial charge in [0, 0.05) is 13.2 Å². The molecule has 1 aromatic carbocycles. The molecule has 0 aliphatic carbocycles. The first-order valence-corrected chi connectivity index (χ1v) is 7.98. The Hall–Kier alpha value is -1.13. The van der Waals surface area contributed by atoms with Crippen LogP contribution in [0.5, 0.6) is 0 Å². The number of aliphatic hydroxyl groups excluding tert-OH is 1. The number of hydrogen-bond donors (Lipinski definition) is 2. The first-order chi connectivity index (χ1) is 10.2. The van der Waals surface area contributed by atoms with Gasteiger partial charge in [-0.25, -0.2) is 4.39 Å². The maximum atomic E-state index is 13.3. The monoisotopic (exact) mass is 297 g/mol. The Morgan fingerprint density at radius 3 is 2.62 bits per heavy atom. The van der Waals surface area contributed by atoms with Crippen molar-refractivity contribution in [2.75, 3.05) is 25.1 Å². The first kappa shape index (κ1) is 17.9. The van der Waals surface area contributed by atoms with E-state index in [9.17, 15) is 9.50 Å². The number of unbranched alkanes of at least 4 members (excludes halogenated alkanes) is 5. The number of benzene rings is 1. The minimum absolute atomic E-state index is 0.288. The van der Waals surface area contributed by atoms with E-state index in [-0.39, 0.29) is 19.0 Å². The van der Waals surface area contributed by atoms with Gasteiger partial charge in [-0.3, -0.25) is 0 Å². The third-order valence-electron chi connectivity index (χ3n) is 3.35. The molecule has 0 aliphatic rings. The molecule has 0 heterocycles. The molecule has 1 aromatic rings. The van der Waals surface area contributed by atoms with Crippen LogP contribution >= 0.6 is 0 Å². The van der Waals surface area contributed by atoms with Crippen molar-refractivity contribution in [2.24, 2.45) is 0 Å². The van der Waals surface area contributed by atoms with E-state index >= 15 is 0 Å². The van der Waals surface area contributed by atoms with E-state index in [4.69, 9.17) is 4.74 Å². The van der Waals surface area contributed by atoms with E-state index in [1.165, 1.54) is 38.2 Å². The molecule has 0 saturated heterocycles. The Morgan fingerprint density at radius 1 is 1.14 bits per heavy atom. The van der Waals surface area contributed by atoms with Crippen LogP contribution in [0, 0.1) is 5.82 Å². The molecular weight excluding hydrogens is 269 g/mol. The SMILES string of the molecule is CCCCCCCCOCC(O)CNc1ccccc1F. The van der Waals surface area contributed by atoms with E-state index in [1.54, 1.807) is 18.2 Å². The molecule has 1 unspecified atom stereocenters. The van der Waals surface area contributed by atoms with Crippen LogP contribution in [0.4, 0.5) is 10.1 Å². The number of aliphatic hydroxyl groups is 1. The Balaban J connectivity index is 1.99. The number of nitrogens with one attached hydrogen (secondary N) is 1. The molecule has 120 valence electrons. The molecule has 2 N–H and O–H groups in total. The number of ether oxygens (including phenoxy) is 1. The normalized spacial score (nSPS) is 12.3. The van der Waals surface area contributed by atoms with E-state index in [2.05, 4.69) is 12.2 Å². The van der Waals surface area contributed by atoms with Crippen molar-refractivity contribution in [3.8, 4) is 0 Å². The van der Waals surface area contributed by atoms with Crippen LogP contribution in [0.15, 0.2) is 24.3 Å². The molecule has 0 saturated carbocycles. The number of para-hydroxylation sites is 1. The van der Waals surface area contributed by atoms with E-state index in [0.717, 1.165) is 6.42 Å². The van der Waals surface area contributed by atoms with Gasteiger partial charge in [-0.1, -0.05) is 51.2 Å². The lowest BCUT2D eigenvalue weighted by molar-refractivity contribution is 0.0416. The molecule has 0 fully saturated rings. The second-order valence-electron chi connectivity index (χ2n) is 5.36. The molecule has 0 aromatic heterocycles. The minimum atomic E-state index is -0.621. The summed E-state index contributed by atoms with van der Waals surface area (Å²) in [6.45, 7) is 3.47.